The number of hydrogen-bond donors (Lipinski definition) is 2. The molecular weight excluding hydrogens is 258 g/mol. The Hall–Kier alpha value is -2.44. The highest BCUT2D eigenvalue weighted by atomic mass is 19.3. The Kier molecular flexibility index (Phi) is 3.46. The van der Waals surface area contributed by atoms with Crippen molar-refractivity contribution in [2.45, 2.75) is 13.5 Å². The smallest absolute Gasteiger partial charge is 0.387 e. The third kappa shape index (κ3) is 2.87. The van der Waals surface area contributed by atoms with Crippen LogP contribution in [-0.4, -0.2) is 27.7 Å². The second kappa shape index (κ2) is 5.05. The molecule has 2 N–H and O–H groups in total. The first-order chi connectivity index (χ1) is 8.97. The maximum absolute atomic E-state index is 12.0. The van der Waals surface area contributed by atoms with Gasteiger partial charge >= 0.3 is 12.6 Å². The molecule has 7 heteroatoms. The first-order valence-electron chi connectivity index (χ1n) is 5.31. The van der Waals surface area contributed by atoms with Crippen molar-refractivity contribution in [3.8, 4) is 17.1 Å². The van der Waals surface area contributed by atoms with Gasteiger partial charge in [-0.3, -0.25) is 4.98 Å². The fourth-order valence-corrected chi connectivity index (χ4v) is 1.63. The molecule has 0 spiro atoms. The molecule has 0 saturated heterocycles. The van der Waals surface area contributed by atoms with Gasteiger partial charge < -0.3 is 14.8 Å². The van der Waals surface area contributed by atoms with E-state index in [1.54, 1.807) is 6.92 Å². The van der Waals surface area contributed by atoms with Crippen molar-refractivity contribution in [3.05, 3.63) is 35.7 Å². The van der Waals surface area contributed by atoms with Crippen LogP contribution >= 0.6 is 0 Å². The van der Waals surface area contributed by atoms with Crippen LogP contribution in [0.25, 0.3) is 11.4 Å². The minimum Gasteiger partial charge on any atom is -0.478 e. The van der Waals surface area contributed by atoms with Crippen LogP contribution in [0.4, 0.5) is 8.78 Å². The number of pyridine rings is 1. The van der Waals surface area contributed by atoms with Crippen LogP contribution in [-0.2, 0) is 0 Å². The number of aromatic amines is 1. The Morgan fingerprint density at radius 1 is 1.47 bits per heavy atom. The van der Waals surface area contributed by atoms with E-state index in [9.17, 15) is 13.6 Å². The van der Waals surface area contributed by atoms with E-state index >= 15 is 0 Å². The van der Waals surface area contributed by atoms with E-state index in [-0.39, 0.29) is 11.3 Å². The number of hydrogen-bond acceptors (Lipinski definition) is 3. The highest BCUT2D eigenvalue weighted by molar-refractivity contribution is 5.90. The Morgan fingerprint density at radius 2 is 2.21 bits per heavy atom. The summed E-state index contributed by atoms with van der Waals surface area (Å²) in [6.45, 7) is -1.28. The van der Waals surface area contributed by atoms with Crippen LogP contribution in [0.15, 0.2) is 24.4 Å². The molecule has 0 aromatic carbocycles. The van der Waals surface area contributed by atoms with Crippen molar-refractivity contribution in [1.29, 1.82) is 0 Å². The predicted octanol–water partition coefficient (Wildman–Crippen LogP) is 2.68. The number of carboxylic acids is 1. The van der Waals surface area contributed by atoms with Gasteiger partial charge in [0.15, 0.2) is 0 Å². The number of alkyl halides is 2. The number of rotatable bonds is 4. The van der Waals surface area contributed by atoms with E-state index < -0.39 is 12.6 Å². The number of aromatic nitrogens is 2. The zero-order valence-corrected chi connectivity index (χ0v) is 9.85. The SMILES string of the molecule is Cc1[nH]c(-c2ccc(OC(F)F)cn2)cc1C(=O)O. The van der Waals surface area contributed by atoms with Crippen LogP contribution in [0.1, 0.15) is 16.1 Å². The van der Waals surface area contributed by atoms with Gasteiger partial charge in [-0.15, -0.1) is 0 Å². The molecule has 0 atom stereocenters. The molecule has 0 amide bonds. The molecule has 100 valence electrons. The van der Waals surface area contributed by atoms with Crippen molar-refractivity contribution in [2.75, 3.05) is 0 Å². The first-order valence-corrected chi connectivity index (χ1v) is 5.31. The van der Waals surface area contributed by atoms with Crippen molar-refractivity contribution >= 4 is 5.97 Å². The van der Waals surface area contributed by atoms with Gasteiger partial charge in [0, 0.05) is 5.69 Å². The number of halogens is 2. The van der Waals surface area contributed by atoms with Crippen molar-refractivity contribution in [1.82, 2.24) is 9.97 Å². The zero-order valence-electron chi connectivity index (χ0n) is 9.85. The molecule has 0 aliphatic carbocycles. The summed E-state index contributed by atoms with van der Waals surface area (Å²) >= 11 is 0. The summed E-state index contributed by atoms with van der Waals surface area (Å²) in [5.41, 5.74) is 1.58. The Balaban J connectivity index is 2.27. The molecule has 0 unspecified atom stereocenters. The summed E-state index contributed by atoms with van der Waals surface area (Å²) in [6.07, 6.45) is 1.15. The van der Waals surface area contributed by atoms with E-state index in [0.717, 1.165) is 6.20 Å². The quantitative estimate of drug-likeness (QED) is 0.893. The van der Waals surface area contributed by atoms with Crippen LogP contribution < -0.4 is 4.74 Å². The van der Waals surface area contributed by atoms with Crippen molar-refractivity contribution < 1.29 is 23.4 Å². The van der Waals surface area contributed by atoms with E-state index in [1.165, 1.54) is 18.2 Å². The summed E-state index contributed by atoms with van der Waals surface area (Å²) in [7, 11) is 0. The molecule has 0 aliphatic heterocycles. The summed E-state index contributed by atoms with van der Waals surface area (Å²) < 4.78 is 28.1. The number of nitrogens with one attached hydrogen (secondary N) is 1. The highest BCUT2D eigenvalue weighted by Gasteiger charge is 2.13. The first kappa shape index (κ1) is 13.0. The molecule has 0 fully saturated rings. The van der Waals surface area contributed by atoms with Crippen molar-refractivity contribution in [2.24, 2.45) is 0 Å². The highest BCUT2D eigenvalue weighted by Crippen LogP contribution is 2.22. The molecule has 0 aliphatic rings. The monoisotopic (exact) mass is 268 g/mol. The molecule has 2 heterocycles. The van der Waals surface area contributed by atoms with Crippen LogP contribution in [0.5, 0.6) is 5.75 Å². The zero-order chi connectivity index (χ0) is 14.0. The summed E-state index contributed by atoms with van der Waals surface area (Å²) in [6, 6.07) is 4.24. The van der Waals surface area contributed by atoms with Gasteiger partial charge in [-0.25, -0.2) is 4.79 Å². The lowest BCUT2D eigenvalue weighted by molar-refractivity contribution is -0.0500. The minimum absolute atomic E-state index is 0.0551. The molecular formula is C12H10F2N2O3. The standard InChI is InChI=1S/C12H10F2N2O3/c1-6-8(11(17)18)4-10(16-6)9-3-2-7(5-15-9)19-12(13)14/h2-5,12,16H,1H3,(H,17,18). The van der Waals surface area contributed by atoms with Crippen molar-refractivity contribution in [3.63, 3.8) is 0 Å². The Morgan fingerprint density at radius 3 is 2.68 bits per heavy atom. The Bertz CT molecular complexity index is 594. The lowest BCUT2D eigenvalue weighted by Crippen LogP contribution is -2.02. The molecule has 0 radical (unpaired) electrons. The predicted molar refractivity (Wildman–Crippen MR) is 62.4 cm³/mol. The normalized spacial score (nSPS) is 10.7. The Labute approximate surface area is 106 Å². The van der Waals surface area contributed by atoms with Crippen LogP contribution in [0, 0.1) is 6.92 Å². The molecule has 0 saturated carbocycles. The fraction of sp³-hybridized carbons (Fsp3) is 0.167. The van der Waals surface area contributed by atoms with Gasteiger partial charge in [0.2, 0.25) is 0 Å². The van der Waals surface area contributed by atoms with E-state index in [1.807, 2.05) is 0 Å². The minimum atomic E-state index is -2.90. The topological polar surface area (TPSA) is 75.2 Å². The van der Waals surface area contributed by atoms with Gasteiger partial charge in [0.25, 0.3) is 0 Å². The number of aryl methyl sites for hydroxylation is 1. The third-order valence-electron chi connectivity index (χ3n) is 2.48. The summed E-state index contributed by atoms with van der Waals surface area (Å²) in [4.78, 5) is 17.7. The number of H-pyrrole nitrogens is 1. The molecule has 2 aromatic rings. The van der Waals surface area contributed by atoms with Gasteiger partial charge in [0.05, 0.1) is 23.1 Å². The molecule has 2 rings (SSSR count). The average molecular weight is 268 g/mol. The van der Waals surface area contributed by atoms with Gasteiger partial charge in [-0.2, -0.15) is 8.78 Å². The van der Waals surface area contributed by atoms with Gasteiger partial charge in [0.1, 0.15) is 5.75 Å². The van der Waals surface area contributed by atoms with E-state index in [4.69, 9.17) is 5.11 Å². The number of ether oxygens (including phenoxy) is 1. The lowest BCUT2D eigenvalue weighted by Gasteiger charge is -2.04. The number of aromatic carboxylic acids is 1. The second-order valence-electron chi connectivity index (χ2n) is 3.78. The second-order valence-corrected chi connectivity index (χ2v) is 3.78. The molecule has 5 nitrogen and oxygen atoms in total. The molecule has 2 aromatic heterocycles. The van der Waals surface area contributed by atoms with E-state index in [2.05, 4.69) is 14.7 Å². The average Bonchev–Trinajstić information content (AvgIpc) is 2.71. The van der Waals surface area contributed by atoms with Crippen LogP contribution in [0.2, 0.25) is 0 Å². The third-order valence-corrected chi connectivity index (χ3v) is 2.48. The largest absolute Gasteiger partial charge is 0.478 e. The summed E-state index contributed by atoms with van der Waals surface area (Å²) in [5, 5.41) is 8.93. The number of carbonyl (C=O) groups is 1. The fourth-order valence-electron chi connectivity index (χ4n) is 1.63. The number of carboxylic acid groups (broad SMARTS) is 1. The van der Waals surface area contributed by atoms with Gasteiger partial charge in [-0.1, -0.05) is 0 Å². The maximum Gasteiger partial charge on any atom is 0.387 e. The lowest BCUT2D eigenvalue weighted by atomic mass is 10.2. The maximum atomic E-state index is 12.0. The van der Waals surface area contributed by atoms with Crippen LogP contribution in [0.3, 0.4) is 0 Å². The van der Waals surface area contributed by atoms with Gasteiger partial charge in [-0.05, 0) is 25.1 Å². The summed E-state index contributed by atoms with van der Waals surface area (Å²) in [5.74, 6) is -1.10. The number of nitrogens with zero attached hydrogens (tertiary/aromatic N) is 1. The van der Waals surface area contributed by atoms with E-state index in [0.29, 0.717) is 17.1 Å². The molecule has 0 bridgehead atoms. The molecule has 19 heavy (non-hydrogen) atoms.